The summed E-state index contributed by atoms with van der Waals surface area (Å²) in [5.41, 5.74) is 3.34. The van der Waals surface area contributed by atoms with Gasteiger partial charge in [0.25, 0.3) is 10.0 Å². The lowest BCUT2D eigenvalue weighted by atomic mass is 9.78. The molecule has 5 heteroatoms. The average molecular weight is 489 g/mol. The number of piperidine rings is 1. The number of likely N-dealkylation sites (tertiary alicyclic amines) is 1. The second-order valence-corrected chi connectivity index (χ2v) is 11.9. The van der Waals surface area contributed by atoms with E-state index in [9.17, 15) is 8.42 Å². The Morgan fingerprint density at radius 3 is 2.00 bits per heavy atom. The van der Waals surface area contributed by atoms with Crippen molar-refractivity contribution < 1.29 is 8.42 Å². The van der Waals surface area contributed by atoms with E-state index in [0.29, 0.717) is 16.9 Å². The van der Waals surface area contributed by atoms with Crippen LogP contribution in [0.4, 0.5) is 5.69 Å². The zero-order valence-corrected chi connectivity index (χ0v) is 21.4. The second-order valence-electron chi connectivity index (χ2n) is 10.1. The second kappa shape index (κ2) is 10.5. The SMILES string of the molecule is Cc1ccc(N(C2CCN([C@@H]3CCCC[C@@H]3c3ccccc3)CC2)S(=O)(=O)c2ccccc2)cc1. The fraction of sp³-hybridized carbons (Fsp3) is 0.400. The largest absolute Gasteiger partial charge is 0.300 e. The van der Waals surface area contributed by atoms with E-state index in [-0.39, 0.29) is 6.04 Å². The van der Waals surface area contributed by atoms with Crippen LogP contribution in [0.25, 0.3) is 0 Å². The maximum Gasteiger partial charge on any atom is 0.264 e. The summed E-state index contributed by atoms with van der Waals surface area (Å²) in [5.74, 6) is 0.572. The van der Waals surface area contributed by atoms with E-state index in [2.05, 4.69) is 35.2 Å². The Kier molecular flexibility index (Phi) is 7.26. The minimum Gasteiger partial charge on any atom is -0.300 e. The summed E-state index contributed by atoms with van der Waals surface area (Å²) >= 11 is 0. The van der Waals surface area contributed by atoms with Crippen molar-refractivity contribution in [3.8, 4) is 0 Å². The predicted molar refractivity (Wildman–Crippen MR) is 143 cm³/mol. The van der Waals surface area contributed by atoms with Gasteiger partial charge < -0.3 is 0 Å². The maximum absolute atomic E-state index is 13.8. The first-order chi connectivity index (χ1) is 17.0. The summed E-state index contributed by atoms with van der Waals surface area (Å²) in [7, 11) is -3.65. The molecule has 3 aromatic rings. The Balaban J connectivity index is 1.38. The van der Waals surface area contributed by atoms with Crippen LogP contribution in [0, 0.1) is 6.92 Å². The molecular formula is C30H36N2O2S. The van der Waals surface area contributed by atoms with Crippen molar-refractivity contribution in [2.75, 3.05) is 17.4 Å². The molecule has 2 fully saturated rings. The molecule has 184 valence electrons. The maximum atomic E-state index is 13.8. The molecule has 1 aliphatic carbocycles. The van der Waals surface area contributed by atoms with Gasteiger partial charge in [0.2, 0.25) is 0 Å². The molecular weight excluding hydrogens is 452 g/mol. The molecule has 0 radical (unpaired) electrons. The highest BCUT2D eigenvalue weighted by Crippen LogP contribution is 2.38. The molecule has 3 aromatic carbocycles. The van der Waals surface area contributed by atoms with Crippen molar-refractivity contribution in [1.82, 2.24) is 4.90 Å². The van der Waals surface area contributed by atoms with Crippen LogP contribution in [0.3, 0.4) is 0 Å². The van der Waals surface area contributed by atoms with Crippen molar-refractivity contribution >= 4 is 15.7 Å². The summed E-state index contributed by atoms with van der Waals surface area (Å²) in [6.45, 7) is 3.91. The van der Waals surface area contributed by atoms with E-state index >= 15 is 0 Å². The van der Waals surface area contributed by atoms with E-state index < -0.39 is 10.0 Å². The third-order valence-electron chi connectivity index (χ3n) is 7.85. The zero-order chi connectivity index (χ0) is 24.3. The number of nitrogens with zero attached hydrogens (tertiary/aromatic N) is 2. The quantitative estimate of drug-likeness (QED) is 0.404. The molecule has 1 aliphatic heterocycles. The molecule has 1 saturated heterocycles. The van der Waals surface area contributed by atoms with Gasteiger partial charge in [-0.2, -0.15) is 0 Å². The number of benzene rings is 3. The summed E-state index contributed by atoms with van der Waals surface area (Å²) in [6, 6.07) is 28.3. The van der Waals surface area contributed by atoms with Gasteiger partial charge in [-0.05, 0) is 68.4 Å². The van der Waals surface area contributed by atoms with Gasteiger partial charge in [0, 0.05) is 25.2 Å². The topological polar surface area (TPSA) is 40.6 Å². The number of hydrogen-bond acceptors (Lipinski definition) is 3. The lowest BCUT2D eigenvalue weighted by Crippen LogP contribution is -2.51. The van der Waals surface area contributed by atoms with Crippen LogP contribution >= 0.6 is 0 Å². The van der Waals surface area contributed by atoms with Crippen molar-refractivity contribution in [2.24, 2.45) is 0 Å². The smallest absolute Gasteiger partial charge is 0.264 e. The van der Waals surface area contributed by atoms with Crippen molar-refractivity contribution in [2.45, 2.75) is 68.3 Å². The fourth-order valence-electron chi connectivity index (χ4n) is 6.03. The molecule has 5 rings (SSSR count). The Morgan fingerprint density at radius 2 is 1.34 bits per heavy atom. The van der Waals surface area contributed by atoms with Crippen LogP contribution in [0.5, 0.6) is 0 Å². The number of hydrogen-bond donors (Lipinski definition) is 0. The van der Waals surface area contributed by atoms with Crippen LogP contribution < -0.4 is 4.31 Å². The van der Waals surface area contributed by atoms with E-state index in [1.165, 1.54) is 31.2 Å². The van der Waals surface area contributed by atoms with E-state index in [0.717, 1.165) is 37.2 Å². The minimum absolute atomic E-state index is 0.0436. The highest BCUT2D eigenvalue weighted by atomic mass is 32.2. The minimum atomic E-state index is -3.65. The summed E-state index contributed by atoms with van der Waals surface area (Å²) < 4.78 is 29.4. The van der Waals surface area contributed by atoms with Gasteiger partial charge in [0.1, 0.15) is 0 Å². The van der Waals surface area contributed by atoms with Gasteiger partial charge in [-0.3, -0.25) is 9.21 Å². The summed E-state index contributed by atoms with van der Waals surface area (Å²) in [4.78, 5) is 3.01. The molecule has 35 heavy (non-hydrogen) atoms. The van der Waals surface area contributed by atoms with Crippen molar-refractivity contribution in [3.63, 3.8) is 0 Å². The number of sulfonamides is 1. The number of rotatable bonds is 6. The first kappa shape index (κ1) is 24.1. The number of anilines is 1. The number of aryl methyl sites for hydroxylation is 1. The van der Waals surface area contributed by atoms with Crippen molar-refractivity contribution in [1.29, 1.82) is 0 Å². The van der Waals surface area contributed by atoms with Gasteiger partial charge in [-0.15, -0.1) is 0 Å². The molecule has 0 bridgehead atoms. The third-order valence-corrected chi connectivity index (χ3v) is 9.74. The van der Waals surface area contributed by atoms with Crippen LogP contribution in [0.1, 0.15) is 55.6 Å². The van der Waals surface area contributed by atoms with E-state index in [4.69, 9.17) is 0 Å². The standard InChI is InChI=1S/C30H36N2O2S/c1-24-16-18-26(19-17-24)32(35(33,34)28-12-6-3-7-13-28)27-20-22-31(23-21-27)30-15-9-8-14-29(30)25-10-4-2-5-11-25/h2-7,10-13,16-19,27,29-30H,8-9,14-15,20-23H2,1H3/t29-,30-/m1/s1. The first-order valence-corrected chi connectivity index (χ1v) is 14.4. The highest BCUT2D eigenvalue weighted by Gasteiger charge is 2.38. The van der Waals surface area contributed by atoms with Gasteiger partial charge in [-0.25, -0.2) is 8.42 Å². The van der Waals surface area contributed by atoms with Crippen LogP contribution in [-0.4, -0.2) is 38.5 Å². The molecule has 1 heterocycles. The lowest BCUT2D eigenvalue weighted by molar-refractivity contribution is 0.107. The Labute approximate surface area is 210 Å². The average Bonchev–Trinajstić information content (AvgIpc) is 2.91. The molecule has 0 amide bonds. The highest BCUT2D eigenvalue weighted by molar-refractivity contribution is 7.92. The van der Waals surface area contributed by atoms with Crippen LogP contribution in [0.2, 0.25) is 0 Å². The fourth-order valence-corrected chi connectivity index (χ4v) is 7.76. The molecule has 2 atom stereocenters. The third kappa shape index (κ3) is 5.17. The molecule has 1 saturated carbocycles. The zero-order valence-electron chi connectivity index (χ0n) is 20.6. The van der Waals surface area contributed by atoms with Crippen molar-refractivity contribution in [3.05, 3.63) is 96.1 Å². The summed E-state index contributed by atoms with van der Waals surface area (Å²) in [6.07, 6.45) is 6.74. The first-order valence-electron chi connectivity index (χ1n) is 13.0. The van der Waals surface area contributed by atoms with Gasteiger partial charge in [0.05, 0.1) is 10.6 Å². The van der Waals surface area contributed by atoms with Crippen LogP contribution in [-0.2, 0) is 10.0 Å². The Hall–Kier alpha value is -2.63. The van der Waals surface area contributed by atoms with Gasteiger partial charge in [-0.1, -0.05) is 79.1 Å². The van der Waals surface area contributed by atoms with Crippen LogP contribution in [0.15, 0.2) is 89.8 Å². The Morgan fingerprint density at radius 1 is 0.743 bits per heavy atom. The van der Waals surface area contributed by atoms with E-state index in [1.807, 2.05) is 37.3 Å². The predicted octanol–water partition coefficient (Wildman–Crippen LogP) is 6.38. The van der Waals surface area contributed by atoms with Gasteiger partial charge >= 0.3 is 0 Å². The molecule has 4 nitrogen and oxygen atoms in total. The Bertz CT molecular complexity index is 1190. The monoisotopic (exact) mass is 488 g/mol. The molecule has 2 aliphatic rings. The molecule has 0 aromatic heterocycles. The normalized spacial score (nSPS) is 22.1. The van der Waals surface area contributed by atoms with E-state index in [1.54, 1.807) is 28.6 Å². The molecule has 0 N–H and O–H groups in total. The molecule has 0 spiro atoms. The molecule has 0 unspecified atom stereocenters. The lowest BCUT2D eigenvalue weighted by Gasteiger charge is -2.45. The van der Waals surface area contributed by atoms with Gasteiger partial charge in [0.15, 0.2) is 0 Å². The summed E-state index contributed by atoms with van der Waals surface area (Å²) in [5, 5.41) is 0.